The summed E-state index contributed by atoms with van der Waals surface area (Å²) in [4.78, 5) is 0. The fourth-order valence-corrected chi connectivity index (χ4v) is 1.68. The number of halogens is 1. The molecule has 15 heavy (non-hydrogen) atoms. The highest BCUT2D eigenvalue weighted by Gasteiger charge is 2.03. The molecule has 2 nitrogen and oxygen atoms in total. The van der Waals surface area contributed by atoms with Gasteiger partial charge in [-0.2, -0.15) is 0 Å². The Labute approximate surface area is 93.7 Å². The first-order valence-electron chi connectivity index (χ1n) is 4.63. The van der Waals surface area contributed by atoms with Crippen molar-refractivity contribution in [2.24, 2.45) is 5.84 Å². The molecule has 0 fully saturated rings. The van der Waals surface area contributed by atoms with Gasteiger partial charge < -0.3 is 5.43 Å². The lowest BCUT2D eigenvalue weighted by molar-refractivity contribution is 1.35. The van der Waals surface area contributed by atoms with Crippen LogP contribution in [-0.2, 0) is 0 Å². The van der Waals surface area contributed by atoms with Crippen LogP contribution in [0.2, 0.25) is 5.02 Å². The Hall–Kier alpha value is -1.51. The third-order valence-corrected chi connectivity index (χ3v) is 2.46. The van der Waals surface area contributed by atoms with Crippen LogP contribution in [0.15, 0.2) is 48.5 Å². The minimum absolute atomic E-state index is 0.669. The minimum atomic E-state index is 0.669. The smallest absolute Gasteiger partial charge is 0.0578 e. The Bertz CT molecular complexity index is 454. The van der Waals surface area contributed by atoms with E-state index < -0.39 is 0 Å². The molecule has 0 saturated carbocycles. The Balaban J connectivity index is 2.53. The molecule has 0 aliphatic heterocycles. The Morgan fingerprint density at radius 3 is 2.40 bits per heavy atom. The predicted octanol–water partition coefficient (Wildman–Crippen LogP) is 3.29. The summed E-state index contributed by atoms with van der Waals surface area (Å²) in [5.74, 6) is 5.45. The Morgan fingerprint density at radius 2 is 1.73 bits per heavy atom. The third-order valence-electron chi connectivity index (χ3n) is 2.22. The lowest BCUT2D eigenvalue weighted by Gasteiger charge is -2.09. The molecule has 0 spiro atoms. The number of nitrogens with two attached hydrogens (primary N) is 1. The number of rotatable bonds is 2. The summed E-state index contributed by atoms with van der Waals surface area (Å²) in [6.45, 7) is 0. The van der Waals surface area contributed by atoms with Crippen molar-refractivity contribution in [3.05, 3.63) is 53.6 Å². The van der Waals surface area contributed by atoms with E-state index in [0.29, 0.717) is 5.02 Å². The van der Waals surface area contributed by atoms with Crippen LogP contribution in [0.3, 0.4) is 0 Å². The summed E-state index contributed by atoms with van der Waals surface area (Å²) >= 11 is 5.89. The summed E-state index contributed by atoms with van der Waals surface area (Å²) in [7, 11) is 0. The summed E-state index contributed by atoms with van der Waals surface area (Å²) in [6, 6.07) is 15.6. The average Bonchev–Trinajstić information content (AvgIpc) is 2.30. The van der Waals surface area contributed by atoms with E-state index in [1.54, 1.807) is 0 Å². The van der Waals surface area contributed by atoms with Gasteiger partial charge in [0, 0.05) is 10.6 Å². The lowest BCUT2D eigenvalue weighted by atomic mass is 10.0. The van der Waals surface area contributed by atoms with Crippen LogP contribution in [0.1, 0.15) is 0 Å². The van der Waals surface area contributed by atoms with Crippen LogP contribution in [0.5, 0.6) is 0 Å². The van der Waals surface area contributed by atoms with E-state index in [4.69, 9.17) is 17.4 Å². The number of hydrogen-bond acceptors (Lipinski definition) is 2. The standard InChI is InChI=1S/C12H11ClN2/c13-10-6-7-11(12(8-10)15-14)9-4-2-1-3-5-9/h1-8,15H,14H2. The number of anilines is 1. The van der Waals surface area contributed by atoms with Gasteiger partial charge in [0.15, 0.2) is 0 Å². The van der Waals surface area contributed by atoms with Crippen molar-refractivity contribution in [2.45, 2.75) is 0 Å². The maximum atomic E-state index is 5.89. The average molecular weight is 219 g/mol. The maximum Gasteiger partial charge on any atom is 0.0578 e. The van der Waals surface area contributed by atoms with E-state index in [1.807, 2.05) is 48.5 Å². The lowest BCUT2D eigenvalue weighted by Crippen LogP contribution is -2.07. The monoisotopic (exact) mass is 218 g/mol. The fourth-order valence-electron chi connectivity index (χ4n) is 1.51. The third kappa shape index (κ3) is 2.12. The van der Waals surface area contributed by atoms with Crippen LogP contribution in [0.25, 0.3) is 11.1 Å². The zero-order chi connectivity index (χ0) is 10.7. The summed E-state index contributed by atoms with van der Waals surface area (Å²) < 4.78 is 0. The van der Waals surface area contributed by atoms with E-state index in [1.165, 1.54) is 0 Å². The quantitative estimate of drug-likeness (QED) is 0.600. The van der Waals surface area contributed by atoms with Crippen molar-refractivity contribution < 1.29 is 0 Å². The zero-order valence-corrected chi connectivity index (χ0v) is 8.83. The highest BCUT2D eigenvalue weighted by atomic mass is 35.5. The number of benzene rings is 2. The molecule has 2 rings (SSSR count). The SMILES string of the molecule is NNc1cc(Cl)ccc1-c1ccccc1. The molecule has 0 aliphatic carbocycles. The van der Waals surface area contributed by atoms with Gasteiger partial charge in [0.1, 0.15) is 0 Å². The molecule has 2 aromatic rings. The van der Waals surface area contributed by atoms with Gasteiger partial charge in [-0.05, 0) is 17.7 Å². The van der Waals surface area contributed by atoms with Crippen molar-refractivity contribution in [3.63, 3.8) is 0 Å². The normalized spacial score (nSPS) is 10.0. The largest absolute Gasteiger partial charge is 0.323 e. The maximum absolute atomic E-state index is 5.89. The molecule has 0 radical (unpaired) electrons. The molecule has 0 bridgehead atoms. The highest BCUT2D eigenvalue weighted by Crippen LogP contribution is 2.29. The molecule has 0 unspecified atom stereocenters. The molecule has 2 aromatic carbocycles. The molecule has 3 N–H and O–H groups in total. The van der Waals surface area contributed by atoms with Gasteiger partial charge in [0.05, 0.1) is 5.69 Å². The van der Waals surface area contributed by atoms with Crippen molar-refractivity contribution in [3.8, 4) is 11.1 Å². The zero-order valence-electron chi connectivity index (χ0n) is 8.07. The fraction of sp³-hybridized carbons (Fsp3) is 0. The molecule has 0 aromatic heterocycles. The van der Waals surface area contributed by atoms with E-state index in [0.717, 1.165) is 16.8 Å². The molecule has 0 aliphatic rings. The summed E-state index contributed by atoms with van der Waals surface area (Å²) in [5.41, 5.74) is 5.63. The molecule has 0 heterocycles. The Morgan fingerprint density at radius 1 is 1.00 bits per heavy atom. The first kappa shape index (κ1) is 10.0. The second kappa shape index (κ2) is 4.34. The Kier molecular flexibility index (Phi) is 2.90. The van der Waals surface area contributed by atoms with Crippen molar-refractivity contribution in [1.82, 2.24) is 0 Å². The van der Waals surface area contributed by atoms with Gasteiger partial charge >= 0.3 is 0 Å². The summed E-state index contributed by atoms with van der Waals surface area (Å²) in [6.07, 6.45) is 0. The van der Waals surface area contributed by atoms with Gasteiger partial charge in [-0.1, -0.05) is 48.0 Å². The number of hydrazine groups is 1. The van der Waals surface area contributed by atoms with Crippen LogP contribution in [-0.4, -0.2) is 0 Å². The second-order valence-electron chi connectivity index (χ2n) is 3.20. The first-order valence-corrected chi connectivity index (χ1v) is 5.00. The van der Waals surface area contributed by atoms with Crippen LogP contribution >= 0.6 is 11.6 Å². The number of nitrogens with one attached hydrogen (secondary N) is 1. The molecular formula is C12H11ClN2. The van der Waals surface area contributed by atoms with Crippen molar-refractivity contribution in [2.75, 3.05) is 5.43 Å². The van der Waals surface area contributed by atoms with Crippen molar-refractivity contribution >= 4 is 17.3 Å². The predicted molar refractivity (Wildman–Crippen MR) is 64.7 cm³/mol. The molecule has 0 amide bonds. The van der Waals surface area contributed by atoms with Gasteiger partial charge in [0.25, 0.3) is 0 Å². The van der Waals surface area contributed by atoms with Gasteiger partial charge in [-0.25, -0.2) is 0 Å². The minimum Gasteiger partial charge on any atom is -0.323 e. The summed E-state index contributed by atoms with van der Waals surface area (Å²) in [5, 5.41) is 0.669. The molecule has 3 heteroatoms. The highest BCUT2D eigenvalue weighted by molar-refractivity contribution is 6.31. The van der Waals surface area contributed by atoms with Crippen molar-refractivity contribution in [1.29, 1.82) is 0 Å². The molecule has 76 valence electrons. The van der Waals surface area contributed by atoms with Crippen LogP contribution < -0.4 is 11.3 Å². The van der Waals surface area contributed by atoms with E-state index in [2.05, 4.69) is 5.43 Å². The van der Waals surface area contributed by atoms with Gasteiger partial charge in [-0.15, -0.1) is 0 Å². The van der Waals surface area contributed by atoms with Gasteiger partial charge in [0.2, 0.25) is 0 Å². The second-order valence-corrected chi connectivity index (χ2v) is 3.64. The first-order chi connectivity index (χ1) is 7.31. The number of hydrogen-bond donors (Lipinski definition) is 2. The van der Waals surface area contributed by atoms with Crippen LogP contribution in [0.4, 0.5) is 5.69 Å². The topological polar surface area (TPSA) is 38.0 Å². The van der Waals surface area contributed by atoms with E-state index in [-0.39, 0.29) is 0 Å². The van der Waals surface area contributed by atoms with Crippen LogP contribution in [0, 0.1) is 0 Å². The molecular weight excluding hydrogens is 208 g/mol. The molecule has 0 atom stereocenters. The molecule has 0 saturated heterocycles. The van der Waals surface area contributed by atoms with E-state index in [9.17, 15) is 0 Å². The van der Waals surface area contributed by atoms with Gasteiger partial charge in [-0.3, -0.25) is 5.84 Å². The van der Waals surface area contributed by atoms with E-state index >= 15 is 0 Å². The number of nitrogen functional groups attached to an aromatic ring is 1.